The second-order valence-corrected chi connectivity index (χ2v) is 9.26. The highest BCUT2D eigenvalue weighted by molar-refractivity contribution is 6.62. The van der Waals surface area contributed by atoms with Crippen LogP contribution < -0.4 is 10.2 Å². The summed E-state index contributed by atoms with van der Waals surface area (Å²) < 4.78 is 18.0. The topological polar surface area (TPSA) is 44.8 Å². The lowest BCUT2D eigenvalue weighted by molar-refractivity contribution is -0.119. The minimum absolute atomic E-state index is 0.247. The maximum Gasteiger partial charge on any atom is 0.494 e. The predicted molar refractivity (Wildman–Crippen MR) is 116 cm³/mol. The monoisotopic (exact) mass is 392 g/mol. The summed E-state index contributed by atoms with van der Waals surface area (Å²) in [5, 5.41) is 0. The molecule has 2 fully saturated rings. The number of ether oxygens (including phenoxy) is 1. The van der Waals surface area contributed by atoms with Crippen molar-refractivity contribution in [3.05, 3.63) is 48.0 Å². The summed E-state index contributed by atoms with van der Waals surface area (Å²) in [5.41, 5.74) is 3.11. The highest BCUT2D eigenvalue weighted by Crippen LogP contribution is 2.49. The molecule has 0 radical (unpaired) electrons. The Balaban J connectivity index is 1.62. The van der Waals surface area contributed by atoms with Crippen molar-refractivity contribution in [3.63, 3.8) is 0 Å². The molecule has 0 amide bonds. The van der Waals surface area contributed by atoms with Crippen molar-refractivity contribution in [2.45, 2.75) is 64.1 Å². The van der Waals surface area contributed by atoms with Gasteiger partial charge < -0.3 is 14.0 Å². The average Bonchev–Trinajstić information content (AvgIpc) is 3.45. The van der Waals surface area contributed by atoms with E-state index in [9.17, 15) is 4.79 Å². The smallest absolute Gasteiger partial charge is 0.494 e. The van der Waals surface area contributed by atoms with Crippen molar-refractivity contribution in [2.24, 2.45) is 0 Å². The molecule has 0 atom stereocenters. The molecule has 2 aromatic rings. The van der Waals surface area contributed by atoms with E-state index in [4.69, 9.17) is 14.0 Å². The summed E-state index contributed by atoms with van der Waals surface area (Å²) in [6, 6.07) is 14.4. The lowest BCUT2D eigenvalue weighted by Gasteiger charge is -2.32. The minimum Gasteiger partial charge on any atom is -0.496 e. The molecule has 1 saturated carbocycles. The van der Waals surface area contributed by atoms with Gasteiger partial charge in [-0.05, 0) is 70.1 Å². The van der Waals surface area contributed by atoms with Gasteiger partial charge in [0.25, 0.3) is 0 Å². The van der Waals surface area contributed by atoms with Gasteiger partial charge >= 0.3 is 7.12 Å². The van der Waals surface area contributed by atoms with Gasteiger partial charge in [-0.1, -0.05) is 36.4 Å². The lowest BCUT2D eigenvalue weighted by atomic mass is 9.78. The molecule has 29 heavy (non-hydrogen) atoms. The summed E-state index contributed by atoms with van der Waals surface area (Å²) in [6.45, 7) is 9.89. The van der Waals surface area contributed by atoms with Gasteiger partial charge in [-0.25, -0.2) is 0 Å². The molecule has 2 aromatic carbocycles. The van der Waals surface area contributed by atoms with Crippen LogP contribution in [0.15, 0.2) is 42.5 Å². The van der Waals surface area contributed by atoms with Crippen molar-refractivity contribution in [1.82, 2.24) is 0 Å². The Bertz CT molecular complexity index is 926. The molecule has 2 aliphatic rings. The summed E-state index contributed by atoms with van der Waals surface area (Å²) in [5.74, 6) is 1.03. The Labute approximate surface area is 173 Å². The molecule has 0 spiro atoms. The summed E-state index contributed by atoms with van der Waals surface area (Å²) in [7, 11) is 1.26. The maximum absolute atomic E-state index is 12.0. The fourth-order valence-electron chi connectivity index (χ4n) is 4.01. The first-order valence-corrected chi connectivity index (χ1v) is 10.3. The molecule has 1 heterocycles. The number of methoxy groups -OCH3 is 1. The van der Waals surface area contributed by atoms with Crippen LogP contribution in [0.25, 0.3) is 11.1 Å². The van der Waals surface area contributed by atoms with Gasteiger partial charge in [-0.3, -0.25) is 4.79 Å². The number of Topliss-reactive ketones (excluding diaryl/α,β-unsaturated/α-hetero) is 1. The molecule has 0 aromatic heterocycles. The van der Waals surface area contributed by atoms with Crippen LogP contribution in [0.2, 0.25) is 0 Å². The molecule has 0 unspecified atom stereocenters. The second kappa shape index (κ2) is 6.71. The van der Waals surface area contributed by atoms with E-state index >= 15 is 0 Å². The number of hydrogen-bond acceptors (Lipinski definition) is 4. The van der Waals surface area contributed by atoms with Crippen molar-refractivity contribution in [1.29, 1.82) is 0 Å². The number of rotatable bonds is 5. The molecule has 4 nitrogen and oxygen atoms in total. The quantitative estimate of drug-likeness (QED) is 0.713. The van der Waals surface area contributed by atoms with Crippen LogP contribution in [0, 0.1) is 0 Å². The molecule has 1 saturated heterocycles. The number of hydrogen-bond donors (Lipinski definition) is 0. The van der Waals surface area contributed by atoms with Gasteiger partial charge in [0.1, 0.15) is 11.5 Å². The fraction of sp³-hybridized carbons (Fsp3) is 0.458. The molecular formula is C24H29BO4. The first-order valence-electron chi connectivity index (χ1n) is 10.3. The van der Waals surface area contributed by atoms with Crippen LogP contribution in [-0.2, 0) is 19.5 Å². The normalized spacial score (nSPS) is 21.1. The third kappa shape index (κ3) is 3.30. The fourth-order valence-corrected chi connectivity index (χ4v) is 4.01. The Hall–Kier alpha value is -2.11. The van der Waals surface area contributed by atoms with E-state index in [0.29, 0.717) is 0 Å². The van der Waals surface area contributed by atoms with E-state index in [2.05, 4.69) is 24.3 Å². The number of ketones is 1. The van der Waals surface area contributed by atoms with Gasteiger partial charge in [-0.2, -0.15) is 0 Å². The first-order chi connectivity index (χ1) is 13.6. The molecule has 4 rings (SSSR count). The van der Waals surface area contributed by atoms with E-state index in [0.717, 1.165) is 40.7 Å². The third-order valence-corrected chi connectivity index (χ3v) is 6.92. The standard InChI is InChI=1S/C24H29BO4/c1-16(26)24(13-14-24)18-9-7-17(8-10-18)20-12-11-19(15-21(20)27-6)25-28-22(2,3)23(4,5)29-25/h7-12,15H,13-14H2,1-6H3. The zero-order valence-corrected chi connectivity index (χ0v) is 18.2. The average molecular weight is 392 g/mol. The molecule has 0 bridgehead atoms. The zero-order chi connectivity index (χ0) is 21.0. The number of carbonyl (C=O) groups excluding carboxylic acids is 1. The van der Waals surface area contributed by atoms with Gasteiger partial charge in [0.15, 0.2) is 0 Å². The Kier molecular flexibility index (Phi) is 4.67. The third-order valence-electron chi connectivity index (χ3n) is 6.92. The largest absolute Gasteiger partial charge is 0.496 e. The molecular weight excluding hydrogens is 363 g/mol. The van der Waals surface area contributed by atoms with Gasteiger partial charge in [0.2, 0.25) is 0 Å². The second-order valence-electron chi connectivity index (χ2n) is 9.26. The van der Waals surface area contributed by atoms with Gasteiger partial charge in [-0.15, -0.1) is 0 Å². The van der Waals surface area contributed by atoms with E-state index in [1.54, 1.807) is 14.0 Å². The lowest BCUT2D eigenvalue weighted by Crippen LogP contribution is -2.41. The summed E-state index contributed by atoms with van der Waals surface area (Å²) >= 11 is 0. The Morgan fingerprint density at radius 2 is 1.55 bits per heavy atom. The Morgan fingerprint density at radius 3 is 2.03 bits per heavy atom. The first kappa shape index (κ1) is 20.2. The molecule has 1 aliphatic carbocycles. The van der Waals surface area contributed by atoms with Crippen molar-refractivity contribution < 1.29 is 18.8 Å². The van der Waals surface area contributed by atoms with Gasteiger partial charge in [0.05, 0.1) is 23.7 Å². The SMILES string of the molecule is COc1cc(B2OC(C)(C)C(C)(C)O2)ccc1-c1ccc(C2(C(C)=O)CC2)cc1. The van der Waals surface area contributed by atoms with E-state index < -0.39 is 7.12 Å². The van der Waals surface area contributed by atoms with E-state index in [-0.39, 0.29) is 22.4 Å². The summed E-state index contributed by atoms with van der Waals surface area (Å²) in [4.78, 5) is 12.0. The van der Waals surface area contributed by atoms with Crippen LogP contribution in [0.4, 0.5) is 0 Å². The summed E-state index contributed by atoms with van der Waals surface area (Å²) in [6.07, 6.45) is 1.90. The van der Waals surface area contributed by atoms with Crippen molar-refractivity contribution >= 4 is 18.4 Å². The van der Waals surface area contributed by atoms with E-state index in [1.807, 2.05) is 45.9 Å². The van der Waals surface area contributed by atoms with Crippen molar-refractivity contribution in [2.75, 3.05) is 7.11 Å². The molecule has 0 N–H and O–H groups in total. The highest BCUT2D eigenvalue weighted by Gasteiger charge is 2.52. The number of carbonyl (C=O) groups is 1. The molecule has 5 heteroatoms. The number of benzene rings is 2. The maximum atomic E-state index is 12.0. The van der Waals surface area contributed by atoms with Crippen LogP contribution in [0.3, 0.4) is 0 Å². The van der Waals surface area contributed by atoms with Crippen LogP contribution in [-0.4, -0.2) is 31.2 Å². The molecule has 152 valence electrons. The van der Waals surface area contributed by atoms with Crippen molar-refractivity contribution in [3.8, 4) is 16.9 Å². The van der Waals surface area contributed by atoms with Crippen LogP contribution in [0.1, 0.15) is 53.0 Å². The van der Waals surface area contributed by atoms with E-state index in [1.165, 1.54) is 0 Å². The predicted octanol–water partition coefficient (Wildman–Crippen LogP) is 4.28. The molecule has 1 aliphatic heterocycles. The minimum atomic E-state index is -0.421. The van der Waals surface area contributed by atoms with Gasteiger partial charge in [0, 0.05) is 5.56 Å². The Morgan fingerprint density at radius 1 is 0.966 bits per heavy atom. The van der Waals surface area contributed by atoms with Crippen LogP contribution >= 0.6 is 0 Å². The highest BCUT2D eigenvalue weighted by atomic mass is 16.7. The zero-order valence-electron chi connectivity index (χ0n) is 18.2. The van der Waals surface area contributed by atoms with Crippen LogP contribution in [0.5, 0.6) is 5.75 Å².